The molecule has 100 valence electrons. The topological polar surface area (TPSA) is 26.0 Å². The van der Waals surface area contributed by atoms with Crippen LogP contribution in [0.4, 0.5) is 4.39 Å². The fourth-order valence-electron chi connectivity index (χ4n) is 2.58. The zero-order chi connectivity index (χ0) is 13.9. The van der Waals surface area contributed by atoms with Gasteiger partial charge in [0.1, 0.15) is 5.82 Å². The predicted molar refractivity (Wildman–Crippen MR) is 77.7 cm³/mol. The number of hydrogen-bond donors (Lipinski definition) is 1. The molecule has 0 heterocycles. The molecule has 0 amide bonds. The van der Waals surface area contributed by atoms with E-state index in [1.807, 2.05) is 24.3 Å². The van der Waals surface area contributed by atoms with Crippen LogP contribution in [0.1, 0.15) is 23.6 Å². The smallest absolute Gasteiger partial charge is 0.123 e. The maximum Gasteiger partial charge on any atom is 0.123 e. The molecule has 2 aromatic rings. The van der Waals surface area contributed by atoms with Crippen molar-refractivity contribution in [2.24, 2.45) is 5.73 Å². The molecule has 0 fully saturated rings. The van der Waals surface area contributed by atoms with Crippen molar-refractivity contribution in [3.63, 3.8) is 0 Å². The quantitative estimate of drug-likeness (QED) is 0.890. The van der Waals surface area contributed by atoms with Crippen LogP contribution >= 0.6 is 0 Å². The first-order valence-corrected chi connectivity index (χ1v) is 6.56. The molecule has 1 unspecified atom stereocenters. The Labute approximate surface area is 114 Å². The molecular weight excluding hydrogens is 237 g/mol. The van der Waals surface area contributed by atoms with Crippen molar-refractivity contribution in [1.82, 2.24) is 0 Å². The first kappa shape index (κ1) is 13.8. The molecule has 0 spiro atoms. The highest BCUT2D eigenvalue weighted by Crippen LogP contribution is 2.29. The largest absolute Gasteiger partial charge is 0.330 e. The predicted octanol–water partition coefficient (Wildman–Crippen LogP) is 3.59. The molecule has 0 aliphatic carbocycles. The Morgan fingerprint density at radius 3 is 2.26 bits per heavy atom. The lowest BCUT2D eigenvalue weighted by Gasteiger charge is -2.30. The minimum Gasteiger partial charge on any atom is -0.330 e. The third kappa shape index (κ3) is 3.02. The standard InChI is InChI=1S/C17H20FN/c1-13-5-3-4-6-16(13)17(2,12-19)11-14-7-9-15(18)10-8-14/h3-10H,11-12,19H2,1-2H3. The zero-order valence-electron chi connectivity index (χ0n) is 11.5. The molecule has 0 radical (unpaired) electrons. The maximum atomic E-state index is 13.0. The Balaban J connectivity index is 2.33. The highest BCUT2D eigenvalue weighted by atomic mass is 19.1. The Kier molecular flexibility index (Phi) is 4.01. The first-order chi connectivity index (χ1) is 9.05. The van der Waals surface area contributed by atoms with Gasteiger partial charge in [-0.3, -0.25) is 0 Å². The summed E-state index contributed by atoms with van der Waals surface area (Å²) >= 11 is 0. The van der Waals surface area contributed by atoms with Gasteiger partial charge < -0.3 is 5.73 Å². The fourth-order valence-corrected chi connectivity index (χ4v) is 2.58. The van der Waals surface area contributed by atoms with Crippen molar-refractivity contribution in [3.05, 3.63) is 71.0 Å². The normalized spacial score (nSPS) is 14.1. The summed E-state index contributed by atoms with van der Waals surface area (Å²) in [5.74, 6) is -0.200. The zero-order valence-corrected chi connectivity index (χ0v) is 11.5. The molecular formula is C17H20FN. The molecule has 2 rings (SSSR count). The maximum absolute atomic E-state index is 13.0. The van der Waals surface area contributed by atoms with Crippen molar-refractivity contribution in [1.29, 1.82) is 0 Å². The Morgan fingerprint density at radius 1 is 1.05 bits per heavy atom. The summed E-state index contributed by atoms with van der Waals surface area (Å²) in [6.07, 6.45) is 0.814. The van der Waals surface area contributed by atoms with Crippen LogP contribution in [0.3, 0.4) is 0 Å². The molecule has 1 atom stereocenters. The van der Waals surface area contributed by atoms with E-state index in [9.17, 15) is 4.39 Å². The second-order valence-electron chi connectivity index (χ2n) is 5.38. The van der Waals surface area contributed by atoms with Crippen LogP contribution in [0.2, 0.25) is 0 Å². The third-order valence-electron chi connectivity index (χ3n) is 3.75. The monoisotopic (exact) mass is 257 g/mol. The van der Waals surface area contributed by atoms with Crippen molar-refractivity contribution in [2.75, 3.05) is 6.54 Å². The summed E-state index contributed by atoms with van der Waals surface area (Å²) < 4.78 is 13.0. The Hall–Kier alpha value is -1.67. The van der Waals surface area contributed by atoms with Crippen LogP contribution in [0.15, 0.2) is 48.5 Å². The van der Waals surface area contributed by atoms with E-state index >= 15 is 0 Å². The van der Waals surface area contributed by atoms with Gasteiger partial charge in [-0.15, -0.1) is 0 Å². The summed E-state index contributed by atoms with van der Waals surface area (Å²) in [7, 11) is 0. The van der Waals surface area contributed by atoms with E-state index in [2.05, 4.69) is 26.0 Å². The van der Waals surface area contributed by atoms with Crippen LogP contribution in [0.25, 0.3) is 0 Å². The first-order valence-electron chi connectivity index (χ1n) is 6.56. The lowest BCUT2D eigenvalue weighted by atomic mass is 9.75. The van der Waals surface area contributed by atoms with Crippen LogP contribution in [0.5, 0.6) is 0 Å². The number of aryl methyl sites for hydroxylation is 1. The van der Waals surface area contributed by atoms with Crippen LogP contribution in [-0.2, 0) is 11.8 Å². The summed E-state index contributed by atoms with van der Waals surface area (Å²) in [4.78, 5) is 0. The van der Waals surface area contributed by atoms with E-state index < -0.39 is 0 Å². The number of nitrogens with two attached hydrogens (primary N) is 1. The van der Waals surface area contributed by atoms with E-state index in [0.29, 0.717) is 6.54 Å². The highest BCUT2D eigenvalue weighted by molar-refractivity contribution is 5.35. The summed E-state index contributed by atoms with van der Waals surface area (Å²) in [5, 5.41) is 0. The fraction of sp³-hybridized carbons (Fsp3) is 0.294. The molecule has 0 bridgehead atoms. The van der Waals surface area contributed by atoms with Crippen LogP contribution in [0, 0.1) is 12.7 Å². The van der Waals surface area contributed by atoms with E-state index in [-0.39, 0.29) is 11.2 Å². The van der Waals surface area contributed by atoms with Crippen LogP contribution < -0.4 is 5.73 Å². The van der Waals surface area contributed by atoms with Crippen LogP contribution in [-0.4, -0.2) is 6.54 Å². The lowest BCUT2D eigenvalue weighted by Crippen LogP contribution is -2.34. The average molecular weight is 257 g/mol. The van der Waals surface area contributed by atoms with Gasteiger partial charge in [0.2, 0.25) is 0 Å². The number of benzene rings is 2. The van der Waals surface area contributed by atoms with Gasteiger partial charge in [0.05, 0.1) is 0 Å². The summed E-state index contributed by atoms with van der Waals surface area (Å²) in [6, 6.07) is 15.0. The van der Waals surface area contributed by atoms with Crippen molar-refractivity contribution >= 4 is 0 Å². The third-order valence-corrected chi connectivity index (χ3v) is 3.75. The molecule has 19 heavy (non-hydrogen) atoms. The second kappa shape index (κ2) is 5.54. The number of hydrogen-bond acceptors (Lipinski definition) is 1. The minimum atomic E-state index is -0.200. The molecule has 0 aliphatic rings. The minimum absolute atomic E-state index is 0.122. The SMILES string of the molecule is Cc1ccccc1C(C)(CN)Cc1ccc(F)cc1. The van der Waals surface area contributed by atoms with E-state index in [4.69, 9.17) is 5.73 Å². The van der Waals surface area contributed by atoms with Crippen molar-refractivity contribution in [3.8, 4) is 0 Å². The molecule has 1 nitrogen and oxygen atoms in total. The van der Waals surface area contributed by atoms with Gasteiger partial charge in [0.25, 0.3) is 0 Å². The van der Waals surface area contributed by atoms with Gasteiger partial charge in [0, 0.05) is 12.0 Å². The van der Waals surface area contributed by atoms with E-state index in [1.54, 1.807) is 0 Å². The van der Waals surface area contributed by atoms with Crippen molar-refractivity contribution in [2.45, 2.75) is 25.7 Å². The number of rotatable bonds is 4. The molecule has 0 aromatic heterocycles. The molecule has 2 N–H and O–H groups in total. The Morgan fingerprint density at radius 2 is 1.68 bits per heavy atom. The molecule has 0 saturated carbocycles. The van der Waals surface area contributed by atoms with Gasteiger partial charge >= 0.3 is 0 Å². The van der Waals surface area contributed by atoms with Crippen molar-refractivity contribution < 1.29 is 4.39 Å². The van der Waals surface area contributed by atoms with E-state index in [0.717, 1.165) is 12.0 Å². The van der Waals surface area contributed by atoms with Gasteiger partial charge in [-0.1, -0.05) is 43.3 Å². The van der Waals surface area contributed by atoms with Gasteiger partial charge in [-0.25, -0.2) is 4.39 Å². The highest BCUT2D eigenvalue weighted by Gasteiger charge is 2.26. The molecule has 0 aliphatic heterocycles. The number of halogens is 1. The van der Waals surface area contributed by atoms with Gasteiger partial charge in [-0.05, 0) is 42.2 Å². The van der Waals surface area contributed by atoms with E-state index in [1.165, 1.54) is 23.3 Å². The second-order valence-corrected chi connectivity index (χ2v) is 5.38. The van der Waals surface area contributed by atoms with Gasteiger partial charge in [-0.2, -0.15) is 0 Å². The lowest BCUT2D eigenvalue weighted by molar-refractivity contribution is 0.478. The average Bonchev–Trinajstić information content (AvgIpc) is 2.42. The summed E-state index contributed by atoms with van der Waals surface area (Å²) in [6.45, 7) is 4.84. The molecule has 2 aromatic carbocycles. The summed E-state index contributed by atoms with van der Waals surface area (Å²) in [5.41, 5.74) is 9.51. The van der Waals surface area contributed by atoms with Gasteiger partial charge in [0.15, 0.2) is 0 Å². The molecule has 0 saturated heterocycles. The molecule has 2 heteroatoms. The Bertz CT molecular complexity index is 547.